The van der Waals surface area contributed by atoms with Crippen molar-refractivity contribution >= 4 is 6.09 Å². The lowest BCUT2D eigenvalue weighted by Gasteiger charge is -2.22. The molecular formula is C9H18N4O2. The van der Waals surface area contributed by atoms with E-state index >= 15 is 0 Å². The largest absolute Gasteiger partial charge is 0.444 e. The van der Waals surface area contributed by atoms with Crippen molar-refractivity contribution < 1.29 is 9.53 Å². The number of ether oxygens (including phenoxy) is 1. The first-order valence-electron chi connectivity index (χ1n) is 4.89. The number of hydrogen-bond donors (Lipinski definition) is 1. The number of hydrogen-bond acceptors (Lipinski definition) is 3. The number of amides is 1. The zero-order chi connectivity index (χ0) is 11.9. The van der Waals surface area contributed by atoms with Gasteiger partial charge in [-0.3, -0.25) is 0 Å². The van der Waals surface area contributed by atoms with Gasteiger partial charge in [0.15, 0.2) is 0 Å². The Morgan fingerprint density at radius 1 is 1.60 bits per heavy atom. The average molecular weight is 214 g/mol. The summed E-state index contributed by atoms with van der Waals surface area (Å²) in [4.78, 5) is 14.0. The molecule has 86 valence electrons. The maximum atomic E-state index is 11.3. The number of nitrogens with one attached hydrogen (secondary N) is 1. The minimum absolute atomic E-state index is 0.171. The van der Waals surface area contributed by atoms with Gasteiger partial charge in [-0.2, -0.15) is 0 Å². The standard InChI is InChI=1S/C9H18N4O2/c1-5-7(6-11-13-10)12-8(14)15-9(2,3)4/h7H,5-6H2,1-4H3,(H,12,14)/t7-/m1/s1. The highest BCUT2D eigenvalue weighted by molar-refractivity contribution is 5.68. The van der Waals surface area contributed by atoms with Crippen LogP contribution in [0.4, 0.5) is 4.79 Å². The van der Waals surface area contributed by atoms with Gasteiger partial charge in [0.25, 0.3) is 0 Å². The van der Waals surface area contributed by atoms with E-state index in [9.17, 15) is 4.79 Å². The second-order valence-electron chi connectivity index (χ2n) is 4.16. The number of carbonyl (C=O) groups excluding carboxylic acids is 1. The molecule has 15 heavy (non-hydrogen) atoms. The summed E-state index contributed by atoms with van der Waals surface area (Å²) >= 11 is 0. The van der Waals surface area contributed by atoms with Gasteiger partial charge in [0, 0.05) is 17.5 Å². The summed E-state index contributed by atoms with van der Waals surface area (Å²) in [6.45, 7) is 7.52. The van der Waals surface area contributed by atoms with Gasteiger partial charge in [-0.1, -0.05) is 12.0 Å². The molecule has 0 aliphatic heterocycles. The minimum Gasteiger partial charge on any atom is -0.444 e. The van der Waals surface area contributed by atoms with Crippen molar-refractivity contribution in [1.29, 1.82) is 0 Å². The second-order valence-corrected chi connectivity index (χ2v) is 4.16. The van der Waals surface area contributed by atoms with Crippen LogP contribution < -0.4 is 5.32 Å². The highest BCUT2D eigenvalue weighted by Gasteiger charge is 2.18. The lowest BCUT2D eigenvalue weighted by atomic mass is 10.2. The molecule has 0 bridgehead atoms. The van der Waals surface area contributed by atoms with Crippen LogP contribution >= 0.6 is 0 Å². The molecule has 6 nitrogen and oxygen atoms in total. The first kappa shape index (κ1) is 13.6. The van der Waals surface area contributed by atoms with Crippen LogP contribution in [0.25, 0.3) is 10.4 Å². The third kappa shape index (κ3) is 7.64. The van der Waals surface area contributed by atoms with Crippen LogP contribution in [0.1, 0.15) is 34.1 Å². The molecule has 1 atom stereocenters. The van der Waals surface area contributed by atoms with Gasteiger partial charge in [0.1, 0.15) is 5.60 Å². The lowest BCUT2D eigenvalue weighted by Crippen LogP contribution is -2.40. The van der Waals surface area contributed by atoms with Crippen LogP contribution in [0.3, 0.4) is 0 Å². The summed E-state index contributed by atoms with van der Waals surface area (Å²) < 4.78 is 5.07. The molecule has 0 aromatic carbocycles. The van der Waals surface area contributed by atoms with Gasteiger partial charge in [0.2, 0.25) is 0 Å². The molecule has 0 aliphatic rings. The zero-order valence-corrected chi connectivity index (χ0v) is 9.65. The first-order chi connectivity index (χ1) is 6.89. The van der Waals surface area contributed by atoms with Crippen molar-refractivity contribution in [2.75, 3.05) is 6.54 Å². The quantitative estimate of drug-likeness (QED) is 0.443. The number of nitrogens with zero attached hydrogens (tertiary/aromatic N) is 3. The average Bonchev–Trinajstić information content (AvgIpc) is 2.09. The topological polar surface area (TPSA) is 87.1 Å². The van der Waals surface area contributed by atoms with Crippen LogP contribution in [-0.4, -0.2) is 24.3 Å². The fraction of sp³-hybridized carbons (Fsp3) is 0.889. The predicted octanol–water partition coefficient (Wildman–Crippen LogP) is 2.60. The van der Waals surface area contributed by atoms with Crippen LogP contribution in [0.2, 0.25) is 0 Å². The fourth-order valence-electron chi connectivity index (χ4n) is 0.886. The van der Waals surface area contributed by atoms with E-state index in [4.69, 9.17) is 10.3 Å². The molecule has 0 heterocycles. The Balaban J connectivity index is 4.07. The highest BCUT2D eigenvalue weighted by atomic mass is 16.6. The van der Waals surface area contributed by atoms with E-state index in [0.717, 1.165) is 0 Å². The minimum atomic E-state index is -0.513. The molecule has 0 unspecified atom stereocenters. The molecular weight excluding hydrogens is 196 g/mol. The van der Waals surface area contributed by atoms with Crippen molar-refractivity contribution in [1.82, 2.24) is 5.32 Å². The third-order valence-corrected chi connectivity index (χ3v) is 1.58. The first-order valence-corrected chi connectivity index (χ1v) is 4.89. The van der Waals surface area contributed by atoms with Crippen molar-refractivity contribution in [3.05, 3.63) is 10.4 Å². The second kappa shape index (κ2) is 6.14. The molecule has 0 aliphatic carbocycles. The van der Waals surface area contributed by atoms with E-state index in [1.807, 2.05) is 6.92 Å². The molecule has 0 aromatic rings. The van der Waals surface area contributed by atoms with E-state index in [1.165, 1.54) is 0 Å². The Hall–Kier alpha value is -1.42. The normalized spacial score (nSPS) is 12.5. The monoisotopic (exact) mass is 214 g/mol. The predicted molar refractivity (Wildman–Crippen MR) is 57.5 cm³/mol. The molecule has 1 N–H and O–H groups in total. The molecule has 0 fully saturated rings. The van der Waals surface area contributed by atoms with E-state index in [1.54, 1.807) is 20.8 Å². The van der Waals surface area contributed by atoms with Crippen molar-refractivity contribution in [3.63, 3.8) is 0 Å². The van der Waals surface area contributed by atoms with E-state index in [-0.39, 0.29) is 12.6 Å². The van der Waals surface area contributed by atoms with Gasteiger partial charge in [-0.25, -0.2) is 4.79 Å². The summed E-state index contributed by atoms with van der Waals surface area (Å²) in [5.41, 5.74) is 7.63. The van der Waals surface area contributed by atoms with E-state index in [0.29, 0.717) is 6.42 Å². The van der Waals surface area contributed by atoms with Crippen molar-refractivity contribution in [3.8, 4) is 0 Å². The molecule has 0 radical (unpaired) electrons. The highest BCUT2D eigenvalue weighted by Crippen LogP contribution is 2.07. The summed E-state index contributed by atoms with van der Waals surface area (Å²) in [6.07, 6.45) is 0.209. The maximum absolute atomic E-state index is 11.3. The van der Waals surface area contributed by atoms with E-state index < -0.39 is 11.7 Å². The van der Waals surface area contributed by atoms with Crippen LogP contribution in [-0.2, 0) is 4.74 Å². The van der Waals surface area contributed by atoms with Crippen LogP contribution in [0.15, 0.2) is 5.11 Å². The molecule has 0 spiro atoms. The van der Waals surface area contributed by atoms with Gasteiger partial charge < -0.3 is 10.1 Å². The Morgan fingerprint density at radius 2 is 2.20 bits per heavy atom. The zero-order valence-electron chi connectivity index (χ0n) is 9.65. The van der Waals surface area contributed by atoms with Gasteiger partial charge in [-0.15, -0.1) is 0 Å². The lowest BCUT2D eigenvalue weighted by molar-refractivity contribution is 0.0505. The number of rotatable bonds is 4. The maximum Gasteiger partial charge on any atom is 0.407 e. The SMILES string of the molecule is CC[C@H](CN=[N+]=[N-])NC(=O)OC(C)(C)C. The van der Waals surface area contributed by atoms with Crippen molar-refractivity contribution in [2.24, 2.45) is 5.11 Å². The summed E-state index contributed by atoms with van der Waals surface area (Å²) in [6, 6.07) is -0.171. The Kier molecular flexibility index (Phi) is 5.56. The third-order valence-electron chi connectivity index (χ3n) is 1.58. The molecule has 0 rings (SSSR count). The van der Waals surface area contributed by atoms with Crippen LogP contribution in [0.5, 0.6) is 0 Å². The van der Waals surface area contributed by atoms with Crippen LogP contribution in [0, 0.1) is 0 Å². The number of azide groups is 1. The number of alkyl carbamates (subject to hydrolysis) is 1. The molecule has 0 saturated heterocycles. The summed E-state index contributed by atoms with van der Waals surface area (Å²) in [7, 11) is 0. The van der Waals surface area contributed by atoms with E-state index in [2.05, 4.69) is 15.3 Å². The van der Waals surface area contributed by atoms with Gasteiger partial charge >= 0.3 is 6.09 Å². The van der Waals surface area contributed by atoms with Crippen molar-refractivity contribution in [2.45, 2.75) is 45.8 Å². The Bertz CT molecular complexity index is 253. The Labute approximate surface area is 89.6 Å². The molecule has 0 saturated carbocycles. The number of carbonyl (C=O) groups is 1. The molecule has 6 heteroatoms. The summed E-state index contributed by atoms with van der Waals surface area (Å²) in [5, 5.41) is 6.03. The summed E-state index contributed by atoms with van der Waals surface area (Å²) in [5.74, 6) is 0. The fourth-order valence-corrected chi connectivity index (χ4v) is 0.886. The molecule has 1 amide bonds. The molecule has 0 aromatic heterocycles. The Morgan fingerprint density at radius 3 is 2.60 bits per heavy atom. The van der Waals surface area contributed by atoms with Gasteiger partial charge in [-0.05, 0) is 32.7 Å². The smallest absolute Gasteiger partial charge is 0.407 e. The van der Waals surface area contributed by atoms with Gasteiger partial charge in [0.05, 0.1) is 0 Å².